The van der Waals surface area contributed by atoms with Crippen molar-refractivity contribution in [2.24, 2.45) is 0 Å². The van der Waals surface area contributed by atoms with Crippen LogP contribution in [-0.4, -0.2) is 55.5 Å². The van der Waals surface area contributed by atoms with Crippen LogP contribution in [0.5, 0.6) is 11.5 Å². The number of halogens is 2. The van der Waals surface area contributed by atoms with Gasteiger partial charge < -0.3 is 19.9 Å². The molecule has 0 spiro atoms. The standard InChI is InChI=1S/C28H34Cl2N2O3/c1-28(2,31-17-24(33)18-35-26-8-6-5-7-25(26)34-4)19-32(3)27(20-9-13-22(29)14-10-20)21-11-15-23(30)16-12-21/h5-16,24,27,31,33H,17-19H2,1-4H3. The molecule has 35 heavy (non-hydrogen) atoms. The molecule has 1 atom stereocenters. The Labute approximate surface area is 218 Å². The average molecular weight is 517 g/mol. The van der Waals surface area contributed by atoms with Gasteiger partial charge in [-0.15, -0.1) is 0 Å². The van der Waals surface area contributed by atoms with Crippen LogP contribution in [0.15, 0.2) is 72.8 Å². The fourth-order valence-corrected chi connectivity index (χ4v) is 4.39. The van der Waals surface area contributed by atoms with E-state index in [-0.39, 0.29) is 18.2 Å². The number of ether oxygens (including phenoxy) is 2. The predicted octanol–water partition coefficient (Wildman–Crippen LogP) is 5.83. The summed E-state index contributed by atoms with van der Waals surface area (Å²) in [6, 6.07) is 23.3. The fraction of sp³-hybridized carbons (Fsp3) is 0.357. The minimum atomic E-state index is -0.673. The summed E-state index contributed by atoms with van der Waals surface area (Å²) in [5.74, 6) is 1.26. The number of benzene rings is 3. The third kappa shape index (κ3) is 8.13. The second kappa shape index (κ2) is 12.6. The largest absolute Gasteiger partial charge is 0.493 e. The number of nitrogens with zero attached hydrogens (tertiary/aromatic N) is 1. The van der Waals surface area contributed by atoms with Crippen LogP contribution in [0.2, 0.25) is 10.0 Å². The highest BCUT2D eigenvalue weighted by Crippen LogP contribution is 2.30. The van der Waals surface area contributed by atoms with Gasteiger partial charge in [0.2, 0.25) is 0 Å². The Morgan fingerprint density at radius 3 is 1.91 bits per heavy atom. The van der Waals surface area contributed by atoms with E-state index in [1.54, 1.807) is 7.11 Å². The maximum Gasteiger partial charge on any atom is 0.161 e. The van der Waals surface area contributed by atoms with Crippen LogP contribution >= 0.6 is 23.2 Å². The van der Waals surface area contributed by atoms with E-state index in [1.807, 2.05) is 48.5 Å². The summed E-state index contributed by atoms with van der Waals surface area (Å²) in [5, 5.41) is 15.4. The first-order valence-corrected chi connectivity index (χ1v) is 12.3. The van der Waals surface area contributed by atoms with Crippen LogP contribution in [0.1, 0.15) is 31.0 Å². The van der Waals surface area contributed by atoms with Crippen LogP contribution in [0.4, 0.5) is 0 Å². The summed E-state index contributed by atoms with van der Waals surface area (Å²) in [4.78, 5) is 2.29. The average Bonchev–Trinajstić information content (AvgIpc) is 2.84. The number of methoxy groups -OCH3 is 1. The van der Waals surface area contributed by atoms with Gasteiger partial charge in [-0.3, -0.25) is 4.90 Å². The van der Waals surface area contributed by atoms with Crippen molar-refractivity contribution in [3.63, 3.8) is 0 Å². The molecule has 0 heterocycles. The Morgan fingerprint density at radius 1 is 0.886 bits per heavy atom. The van der Waals surface area contributed by atoms with E-state index < -0.39 is 6.10 Å². The van der Waals surface area contributed by atoms with E-state index in [4.69, 9.17) is 32.7 Å². The number of para-hydroxylation sites is 2. The van der Waals surface area contributed by atoms with Gasteiger partial charge in [-0.1, -0.05) is 59.6 Å². The SMILES string of the molecule is COc1ccccc1OCC(O)CNC(C)(C)CN(C)C(c1ccc(Cl)cc1)c1ccc(Cl)cc1. The lowest BCUT2D eigenvalue weighted by Crippen LogP contribution is -2.51. The highest BCUT2D eigenvalue weighted by atomic mass is 35.5. The molecule has 2 N–H and O–H groups in total. The summed E-state index contributed by atoms with van der Waals surface area (Å²) in [7, 11) is 3.69. The maximum atomic E-state index is 10.5. The minimum absolute atomic E-state index is 0.0180. The summed E-state index contributed by atoms with van der Waals surface area (Å²) in [6.07, 6.45) is -0.673. The van der Waals surface area contributed by atoms with Gasteiger partial charge in [-0.05, 0) is 68.4 Å². The smallest absolute Gasteiger partial charge is 0.161 e. The molecule has 3 aromatic carbocycles. The molecule has 1 unspecified atom stereocenters. The number of rotatable bonds is 12. The van der Waals surface area contributed by atoms with Crippen molar-refractivity contribution in [3.8, 4) is 11.5 Å². The summed E-state index contributed by atoms with van der Waals surface area (Å²) < 4.78 is 11.1. The fourth-order valence-electron chi connectivity index (χ4n) is 4.14. The number of aliphatic hydroxyl groups is 1. The van der Waals surface area contributed by atoms with Gasteiger partial charge in [0.15, 0.2) is 11.5 Å². The molecule has 0 aliphatic rings. The van der Waals surface area contributed by atoms with Gasteiger partial charge in [0.25, 0.3) is 0 Å². The van der Waals surface area contributed by atoms with E-state index in [1.165, 1.54) is 0 Å². The van der Waals surface area contributed by atoms with Crippen molar-refractivity contribution >= 4 is 23.2 Å². The zero-order chi connectivity index (χ0) is 25.4. The van der Waals surface area contributed by atoms with Crippen LogP contribution in [-0.2, 0) is 0 Å². The van der Waals surface area contributed by atoms with E-state index >= 15 is 0 Å². The molecule has 0 aliphatic heterocycles. The van der Waals surface area contributed by atoms with Crippen LogP contribution < -0.4 is 14.8 Å². The van der Waals surface area contributed by atoms with Crippen molar-refractivity contribution in [2.75, 3.05) is 33.9 Å². The normalized spacial score (nSPS) is 12.7. The lowest BCUT2D eigenvalue weighted by Gasteiger charge is -2.37. The van der Waals surface area contributed by atoms with Gasteiger partial charge in [-0.25, -0.2) is 0 Å². The van der Waals surface area contributed by atoms with Crippen molar-refractivity contribution in [3.05, 3.63) is 94.0 Å². The number of likely N-dealkylation sites (N-methyl/N-ethyl adjacent to an activating group) is 1. The molecule has 0 radical (unpaired) electrons. The molecule has 0 aliphatic carbocycles. The number of β-amino-alcohol motifs (C(OH)–C–C–N with tert-alkyl or cyclic N) is 1. The number of hydrogen-bond acceptors (Lipinski definition) is 5. The maximum absolute atomic E-state index is 10.5. The third-order valence-electron chi connectivity index (χ3n) is 5.77. The minimum Gasteiger partial charge on any atom is -0.493 e. The van der Waals surface area contributed by atoms with Crippen molar-refractivity contribution < 1.29 is 14.6 Å². The first-order chi connectivity index (χ1) is 16.7. The first-order valence-electron chi connectivity index (χ1n) is 11.6. The van der Waals surface area contributed by atoms with Gasteiger partial charge in [0, 0.05) is 28.7 Å². The molecule has 188 valence electrons. The van der Waals surface area contributed by atoms with Gasteiger partial charge >= 0.3 is 0 Å². The Balaban J connectivity index is 1.63. The van der Waals surface area contributed by atoms with Crippen LogP contribution in [0.3, 0.4) is 0 Å². The molecule has 3 aromatic rings. The van der Waals surface area contributed by atoms with Crippen LogP contribution in [0, 0.1) is 0 Å². The quantitative estimate of drug-likeness (QED) is 0.317. The van der Waals surface area contributed by atoms with Gasteiger partial charge in [0.1, 0.15) is 12.7 Å². The van der Waals surface area contributed by atoms with Crippen molar-refractivity contribution in [1.82, 2.24) is 10.2 Å². The first kappa shape index (κ1) is 27.3. The molecule has 0 bridgehead atoms. The Bertz CT molecular complexity index is 1010. The third-order valence-corrected chi connectivity index (χ3v) is 6.28. The second-order valence-electron chi connectivity index (χ2n) is 9.30. The van der Waals surface area contributed by atoms with E-state index in [0.717, 1.165) is 17.7 Å². The summed E-state index contributed by atoms with van der Waals surface area (Å²) >= 11 is 12.3. The monoisotopic (exact) mass is 516 g/mol. The highest BCUT2D eigenvalue weighted by molar-refractivity contribution is 6.30. The summed E-state index contributed by atoms with van der Waals surface area (Å²) in [5.41, 5.74) is 2.00. The predicted molar refractivity (Wildman–Crippen MR) is 144 cm³/mol. The molecule has 3 rings (SSSR count). The van der Waals surface area contributed by atoms with Crippen LogP contribution in [0.25, 0.3) is 0 Å². The van der Waals surface area contributed by atoms with Crippen molar-refractivity contribution in [2.45, 2.75) is 31.5 Å². The molecule has 7 heteroatoms. The molecule has 5 nitrogen and oxygen atoms in total. The molecule has 0 saturated carbocycles. The molecule has 0 fully saturated rings. The van der Waals surface area contributed by atoms with Gasteiger partial charge in [0.05, 0.1) is 13.2 Å². The molecule has 0 amide bonds. The molecule has 0 saturated heterocycles. The highest BCUT2D eigenvalue weighted by Gasteiger charge is 2.27. The topological polar surface area (TPSA) is 54.0 Å². The Hall–Kier alpha value is -2.28. The molecular weight excluding hydrogens is 483 g/mol. The number of aliphatic hydroxyl groups excluding tert-OH is 1. The lowest BCUT2D eigenvalue weighted by molar-refractivity contribution is 0.0922. The zero-order valence-electron chi connectivity index (χ0n) is 20.7. The van der Waals surface area contributed by atoms with E-state index in [0.29, 0.717) is 28.1 Å². The second-order valence-corrected chi connectivity index (χ2v) is 10.2. The Kier molecular flexibility index (Phi) is 9.84. The number of nitrogens with one attached hydrogen (secondary N) is 1. The molecular formula is C28H34Cl2N2O3. The Morgan fingerprint density at radius 2 is 1.40 bits per heavy atom. The number of hydrogen-bond donors (Lipinski definition) is 2. The summed E-state index contributed by atoms with van der Waals surface area (Å²) in [6.45, 7) is 5.53. The molecule has 0 aromatic heterocycles. The van der Waals surface area contributed by atoms with Crippen molar-refractivity contribution in [1.29, 1.82) is 0 Å². The van der Waals surface area contributed by atoms with E-state index in [9.17, 15) is 5.11 Å². The lowest BCUT2D eigenvalue weighted by atomic mass is 9.95. The van der Waals surface area contributed by atoms with E-state index in [2.05, 4.69) is 55.4 Å². The van der Waals surface area contributed by atoms with Gasteiger partial charge in [-0.2, -0.15) is 0 Å². The zero-order valence-corrected chi connectivity index (χ0v) is 22.2.